The van der Waals surface area contributed by atoms with Crippen molar-refractivity contribution in [3.05, 3.63) is 36.0 Å². The predicted octanol–water partition coefficient (Wildman–Crippen LogP) is -1.51. The van der Waals surface area contributed by atoms with Gasteiger partial charge in [0.15, 0.2) is 0 Å². The number of hydrogen-bond acceptors (Lipinski definition) is 6. The molecule has 3 unspecified atom stereocenters. The normalized spacial score (nSPS) is 13.5. The van der Waals surface area contributed by atoms with Gasteiger partial charge in [-0.1, -0.05) is 18.2 Å². The van der Waals surface area contributed by atoms with Crippen molar-refractivity contribution in [3.8, 4) is 0 Å². The Balaban J connectivity index is 2.09. The van der Waals surface area contributed by atoms with Gasteiger partial charge in [-0.3, -0.25) is 19.2 Å². The summed E-state index contributed by atoms with van der Waals surface area (Å²) in [7, 11) is 0. The third-order valence-electron chi connectivity index (χ3n) is 4.98. The molecule has 0 fully saturated rings. The molecule has 0 aliphatic carbocycles. The maximum Gasteiger partial charge on any atom is 0.326 e. The molecule has 12 nitrogen and oxygen atoms in total. The largest absolute Gasteiger partial charge is 0.480 e. The number of benzene rings is 1. The van der Waals surface area contributed by atoms with Gasteiger partial charge in [0.25, 0.3) is 0 Å². The fraction of sp³-hybridized carbons (Fsp3) is 0.381. The Hall–Kier alpha value is -3.93. The van der Waals surface area contributed by atoms with Gasteiger partial charge in [-0.15, -0.1) is 0 Å². The summed E-state index contributed by atoms with van der Waals surface area (Å²) in [4.78, 5) is 62.5. The minimum Gasteiger partial charge on any atom is -0.480 e. The summed E-state index contributed by atoms with van der Waals surface area (Å²) in [6, 6.07) is 3.95. The molecule has 0 aliphatic heterocycles. The van der Waals surface area contributed by atoms with E-state index in [2.05, 4.69) is 20.9 Å². The topological polar surface area (TPSA) is 210 Å². The first kappa shape index (κ1) is 25.3. The molecule has 3 atom stereocenters. The van der Waals surface area contributed by atoms with E-state index in [0.717, 1.165) is 16.5 Å². The highest BCUT2D eigenvalue weighted by molar-refractivity contribution is 5.94. The molecule has 178 valence electrons. The maximum absolute atomic E-state index is 12.9. The number of amides is 4. The second-order valence-electron chi connectivity index (χ2n) is 7.52. The summed E-state index contributed by atoms with van der Waals surface area (Å²) in [6.07, 6.45) is 1.45. The van der Waals surface area contributed by atoms with E-state index in [9.17, 15) is 29.1 Å². The van der Waals surface area contributed by atoms with E-state index in [1.807, 2.05) is 24.3 Å². The van der Waals surface area contributed by atoms with Crippen LogP contribution in [0.3, 0.4) is 0 Å². The summed E-state index contributed by atoms with van der Waals surface area (Å²) in [5.74, 6) is -4.00. The molecule has 0 bridgehead atoms. The number of nitrogens with two attached hydrogens (primary N) is 2. The van der Waals surface area contributed by atoms with E-state index in [0.29, 0.717) is 0 Å². The number of para-hydroxylation sites is 1. The van der Waals surface area contributed by atoms with Crippen LogP contribution < -0.4 is 27.4 Å². The Morgan fingerprint density at radius 1 is 1.03 bits per heavy atom. The fourth-order valence-electron chi connectivity index (χ4n) is 3.20. The van der Waals surface area contributed by atoms with Crippen LogP contribution in [-0.2, 0) is 30.4 Å². The number of rotatable bonds is 12. The number of aliphatic carboxylic acids is 1. The number of nitrogens with one attached hydrogen (secondary N) is 4. The van der Waals surface area contributed by atoms with Crippen molar-refractivity contribution in [1.29, 1.82) is 0 Å². The van der Waals surface area contributed by atoms with Crippen LogP contribution in [0.2, 0.25) is 0 Å². The zero-order chi connectivity index (χ0) is 24.5. The van der Waals surface area contributed by atoms with Crippen molar-refractivity contribution in [2.45, 2.75) is 44.3 Å². The number of carbonyl (C=O) groups is 5. The van der Waals surface area contributed by atoms with Gasteiger partial charge in [0.1, 0.15) is 18.1 Å². The monoisotopic (exact) mass is 460 g/mol. The van der Waals surface area contributed by atoms with Crippen LogP contribution in [0.15, 0.2) is 30.5 Å². The van der Waals surface area contributed by atoms with E-state index in [1.54, 1.807) is 6.20 Å². The lowest BCUT2D eigenvalue weighted by molar-refractivity contribution is -0.142. The van der Waals surface area contributed by atoms with Gasteiger partial charge < -0.3 is 37.5 Å². The average Bonchev–Trinajstić information content (AvgIpc) is 3.18. The number of carbonyl (C=O) groups excluding carboxylic acids is 4. The van der Waals surface area contributed by atoms with Crippen molar-refractivity contribution < 1.29 is 29.1 Å². The lowest BCUT2D eigenvalue weighted by Gasteiger charge is -2.22. The Labute approximate surface area is 189 Å². The van der Waals surface area contributed by atoms with Crippen LogP contribution in [0.4, 0.5) is 0 Å². The molecular weight excluding hydrogens is 432 g/mol. The molecule has 12 heteroatoms. The Kier molecular flexibility index (Phi) is 8.92. The number of hydrogen-bond donors (Lipinski definition) is 7. The van der Waals surface area contributed by atoms with Crippen LogP contribution in [0.1, 0.15) is 25.3 Å². The highest BCUT2D eigenvalue weighted by Crippen LogP contribution is 2.19. The van der Waals surface area contributed by atoms with E-state index >= 15 is 0 Å². The molecule has 1 heterocycles. The van der Waals surface area contributed by atoms with Crippen LogP contribution in [0.25, 0.3) is 10.9 Å². The van der Waals surface area contributed by atoms with Crippen LogP contribution in [0.5, 0.6) is 0 Å². The van der Waals surface area contributed by atoms with Gasteiger partial charge in [-0.25, -0.2) is 4.79 Å². The number of carboxylic acids is 1. The second kappa shape index (κ2) is 11.6. The van der Waals surface area contributed by atoms with Gasteiger partial charge in [-0.05, 0) is 25.0 Å². The molecule has 1 aromatic heterocycles. The molecule has 33 heavy (non-hydrogen) atoms. The van der Waals surface area contributed by atoms with E-state index in [4.69, 9.17) is 11.5 Å². The molecule has 0 aliphatic rings. The molecule has 9 N–H and O–H groups in total. The fourth-order valence-corrected chi connectivity index (χ4v) is 3.20. The first-order chi connectivity index (χ1) is 15.6. The maximum atomic E-state index is 12.9. The minimum atomic E-state index is -1.34. The van der Waals surface area contributed by atoms with Gasteiger partial charge in [0.2, 0.25) is 23.6 Å². The molecule has 4 amide bonds. The lowest BCUT2D eigenvalue weighted by Crippen LogP contribution is -2.55. The van der Waals surface area contributed by atoms with Crippen LogP contribution in [-0.4, -0.2) is 64.4 Å². The van der Waals surface area contributed by atoms with Gasteiger partial charge >= 0.3 is 5.97 Å². The Bertz CT molecular complexity index is 1040. The van der Waals surface area contributed by atoms with Gasteiger partial charge in [0, 0.05) is 29.9 Å². The summed E-state index contributed by atoms with van der Waals surface area (Å²) in [5.41, 5.74) is 12.0. The van der Waals surface area contributed by atoms with E-state index in [1.165, 1.54) is 6.92 Å². The third kappa shape index (κ3) is 7.31. The second-order valence-corrected chi connectivity index (χ2v) is 7.52. The van der Waals surface area contributed by atoms with Crippen molar-refractivity contribution in [2.24, 2.45) is 11.5 Å². The van der Waals surface area contributed by atoms with Gasteiger partial charge in [0.05, 0.1) is 6.54 Å². The predicted molar refractivity (Wildman–Crippen MR) is 119 cm³/mol. The molecular formula is C21H28N6O6. The summed E-state index contributed by atoms with van der Waals surface area (Å²) in [5, 5.41) is 17.4. The van der Waals surface area contributed by atoms with E-state index < -0.39 is 47.7 Å². The van der Waals surface area contributed by atoms with Crippen molar-refractivity contribution in [3.63, 3.8) is 0 Å². The molecule has 1 aromatic carbocycles. The van der Waals surface area contributed by atoms with Crippen LogP contribution in [0, 0.1) is 0 Å². The first-order valence-corrected chi connectivity index (χ1v) is 10.3. The van der Waals surface area contributed by atoms with Crippen LogP contribution >= 0.6 is 0 Å². The first-order valence-electron chi connectivity index (χ1n) is 10.3. The Morgan fingerprint density at radius 3 is 2.36 bits per heavy atom. The lowest BCUT2D eigenvalue weighted by atomic mass is 10.0. The standard InChI is InChI=1S/C21H28N6O6/c1-11(19(30)27-15(21(32)33)6-7-17(23)28)25-20(31)16(26-18(29)9-22)8-12-10-24-14-5-3-2-4-13(12)14/h2-5,10-11,15-16,24H,6-9,22H2,1H3,(H2,23,28)(H,25,31)(H,26,29)(H,27,30)(H,32,33). The molecule has 2 aromatic rings. The summed E-state index contributed by atoms with van der Waals surface area (Å²) < 4.78 is 0. The number of primary amides is 1. The SMILES string of the molecule is CC(NC(=O)C(Cc1c[nH]c2ccccc12)NC(=O)CN)C(=O)NC(CCC(N)=O)C(=O)O. The number of carboxylic acid groups (broad SMARTS) is 1. The number of H-pyrrole nitrogens is 1. The molecule has 2 rings (SSSR count). The van der Waals surface area contributed by atoms with Gasteiger partial charge in [-0.2, -0.15) is 0 Å². The van der Waals surface area contributed by atoms with E-state index in [-0.39, 0.29) is 25.8 Å². The van der Waals surface area contributed by atoms with Crippen molar-refractivity contribution in [2.75, 3.05) is 6.54 Å². The zero-order valence-corrected chi connectivity index (χ0v) is 18.1. The third-order valence-corrected chi connectivity index (χ3v) is 4.98. The highest BCUT2D eigenvalue weighted by atomic mass is 16.4. The summed E-state index contributed by atoms with van der Waals surface area (Å²) >= 11 is 0. The number of fused-ring (bicyclic) bond motifs is 1. The molecule has 0 saturated heterocycles. The molecule has 0 saturated carbocycles. The Morgan fingerprint density at radius 2 is 1.73 bits per heavy atom. The summed E-state index contributed by atoms with van der Waals surface area (Å²) in [6.45, 7) is 1.04. The average molecular weight is 460 g/mol. The highest BCUT2D eigenvalue weighted by Gasteiger charge is 2.28. The van der Waals surface area contributed by atoms with Crippen molar-refractivity contribution in [1.82, 2.24) is 20.9 Å². The quantitative estimate of drug-likeness (QED) is 0.199. The number of aromatic nitrogens is 1. The smallest absolute Gasteiger partial charge is 0.326 e. The minimum absolute atomic E-state index is 0.131. The molecule has 0 spiro atoms. The molecule has 0 radical (unpaired) electrons. The van der Waals surface area contributed by atoms with Crippen molar-refractivity contribution >= 4 is 40.5 Å². The number of aromatic amines is 1. The zero-order valence-electron chi connectivity index (χ0n) is 18.1.